The van der Waals surface area contributed by atoms with Crippen LogP contribution < -0.4 is 15.5 Å². The molecule has 1 fully saturated rings. The molecule has 0 bridgehead atoms. The van der Waals surface area contributed by atoms with E-state index in [0.717, 1.165) is 45.4 Å². The van der Waals surface area contributed by atoms with Crippen LogP contribution in [0.1, 0.15) is 23.6 Å². The third-order valence-electron chi connectivity index (χ3n) is 4.78. The number of nitrogens with zero attached hydrogens (tertiary/aromatic N) is 2. The van der Waals surface area contributed by atoms with Gasteiger partial charge in [-0.05, 0) is 42.7 Å². The van der Waals surface area contributed by atoms with Gasteiger partial charge in [-0.25, -0.2) is 4.99 Å². The van der Waals surface area contributed by atoms with Gasteiger partial charge in [0, 0.05) is 31.9 Å². The van der Waals surface area contributed by atoms with Crippen LogP contribution in [0.4, 0.5) is 5.69 Å². The van der Waals surface area contributed by atoms with Crippen molar-refractivity contribution in [3.8, 4) is 0 Å². The Balaban J connectivity index is 1.58. The average Bonchev–Trinajstić information content (AvgIpc) is 2.72. The van der Waals surface area contributed by atoms with Crippen LogP contribution in [-0.2, 0) is 17.8 Å². The molecular formula is C22H30N4O. The Morgan fingerprint density at radius 3 is 2.48 bits per heavy atom. The Hall–Kier alpha value is -2.53. The van der Waals surface area contributed by atoms with Crippen molar-refractivity contribution in [2.24, 2.45) is 4.99 Å². The number of guanidine groups is 1. The molecule has 1 heterocycles. The van der Waals surface area contributed by atoms with E-state index in [-0.39, 0.29) is 0 Å². The van der Waals surface area contributed by atoms with Gasteiger partial charge in [0.15, 0.2) is 5.96 Å². The van der Waals surface area contributed by atoms with Gasteiger partial charge >= 0.3 is 0 Å². The van der Waals surface area contributed by atoms with Crippen LogP contribution in [0, 0.1) is 6.92 Å². The molecule has 2 aromatic carbocycles. The normalized spacial score (nSPS) is 14.9. The largest absolute Gasteiger partial charge is 0.378 e. The summed E-state index contributed by atoms with van der Waals surface area (Å²) in [7, 11) is 0. The van der Waals surface area contributed by atoms with Crippen molar-refractivity contribution in [2.45, 2.75) is 26.9 Å². The minimum atomic E-state index is 0.659. The molecule has 1 aliphatic rings. The average molecular weight is 367 g/mol. The van der Waals surface area contributed by atoms with Gasteiger partial charge in [-0.1, -0.05) is 36.4 Å². The van der Waals surface area contributed by atoms with E-state index in [1.54, 1.807) is 0 Å². The van der Waals surface area contributed by atoms with Gasteiger partial charge in [0.2, 0.25) is 0 Å². The second-order valence-electron chi connectivity index (χ2n) is 6.74. The summed E-state index contributed by atoms with van der Waals surface area (Å²) in [6.45, 7) is 10.0. The molecule has 2 aromatic rings. The van der Waals surface area contributed by atoms with Crippen LogP contribution in [0.15, 0.2) is 53.5 Å². The summed E-state index contributed by atoms with van der Waals surface area (Å²) in [5.74, 6) is 0.845. The van der Waals surface area contributed by atoms with Gasteiger partial charge in [-0.2, -0.15) is 0 Å². The first-order valence-corrected chi connectivity index (χ1v) is 9.74. The van der Waals surface area contributed by atoms with Gasteiger partial charge < -0.3 is 20.3 Å². The molecule has 0 spiro atoms. The standard InChI is InChI=1S/C22H30N4O/c1-3-23-22(25-17-20-7-5-4-6-18(20)2)24-16-19-8-10-21(11-9-19)26-12-14-27-15-13-26/h4-11H,3,12-17H2,1-2H3,(H2,23,24,25). The van der Waals surface area contributed by atoms with Gasteiger partial charge in [0.25, 0.3) is 0 Å². The highest BCUT2D eigenvalue weighted by molar-refractivity contribution is 5.79. The van der Waals surface area contributed by atoms with Crippen LogP contribution in [0.25, 0.3) is 0 Å². The molecule has 2 N–H and O–H groups in total. The summed E-state index contributed by atoms with van der Waals surface area (Å²) in [5, 5.41) is 6.75. The van der Waals surface area contributed by atoms with E-state index >= 15 is 0 Å². The highest BCUT2D eigenvalue weighted by Gasteiger charge is 2.10. The number of hydrogen-bond donors (Lipinski definition) is 2. The fourth-order valence-electron chi connectivity index (χ4n) is 3.13. The third kappa shape index (κ3) is 5.73. The summed E-state index contributed by atoms with van der Waals surface area (Å²) in [4.78, 5) is 7.10. The van der Waals surface area contributed by atoms with Gasteiger partial charge in [-0.3, -0.25) is 0 Å². The second kappa shape index (κ2) is 9.97. The van der Waals surface area contributed by atoms with Crippen molar-refractivity contribution in [2.75, 3.05) is 37.7 Å². The van der Waals surface area contributed by atoms with Crippen molar-refractivity contribution in [3.63, 3.8) is 0 Å². The predicted molar refractivity (Wildman–Crippen MR) is 112 cm³/mol. The maximum absolute atomic E-state index is 5.42. The lowest BCUT2D eigenvalue weighted by atomic mass is 10.1. The molecule has 0 unspecified atom stereocenters. The molecule has 0 aromatic heterocycles. The minimum Gasteiger partial charge on any atom is -0.378 e. The lowest BCUT2D eigenvalue weighted by Gasteiger charge is -2.28. The summed E-state index contributed by atoms with van der Waals surface area (Å²) in [6, 6.07) is 17.1. The number of morpholine rings is 1. The van der Waals surface area contributed by atoms with E-state index in [1.807, 2.05) is 0 Å². The van der Waals surface area contributed by atoms with Crippen LogP contribution in [0.3, 0.4) is 0 Å². The summed E-state index contributed by atoms with van der Waals surface area (Å²) >= 11 is 0. The van der Waals surface area contributed by atoms with E-state index in [1.165, 1.54) is 22.4 Å². The van der Waals surface area contributed by atoms with E-state index in [0.29, 0.717) is 6.54 Å². The summed E-state index contributed by atoms with van der Waals surface area (Å²) < 4.78 is 5.42. The fraction of sp³-hybridized carbons (Fsp3) is 0.409. The molecule has 1 aliphatic heterocycles. The zero-order chi connectivity index (χ0) is 18.9. The van der Waals surface area contributed by atoms with Gasteiger partial charge in [0.05, 0.1) is 19.8 Å². The third-order valence-corrected chi connectivity index (χ3v) is 4.78. The Morgan fingerprint density at radius 1 is 1.04 bits per heavy atom. The second-order valence-corrected chi connectivity index (χ2v) is 6.74. The smallest absolute Gasteiger partial charge is 0.191 e. The first kappa shape index (κ1) is 19.2. The first-order valence-electron chi connectivity index (χ1n) is 9.74. The predicted octanol–water partition coefficient (Wildman–Crippen LogP) is 3.09. The molecule has 3 rings (SSSR count). The van der Waals surface area contributed by atoms with Crippen molar-refractivity contribution in [3.05, 3.63) is 65.2 Å². The minimum absolute atomic E-state index is 0.659. The zero-order valence-corrected chi connectivity index (χ0v) is 16.4. The molecule has 0 radical (unpaired) electrons. The Kier molecular flexibility index (Phi) is 7.11. The fourth-order valence-corrected chi connectivity index (χ4v) is 3.13. The van der Waals surface area contributed by atoms with E-state index < -0.39 is 0 Å². The van der Waals surface area contributed by atoms with Crippen LogP contribution >= 0.6 is 0 Å². The maximum atomic E-state index is 5.42. The molecule has 144 valence electrons. The molecule has 5 nitrogen and oxygen atoms in total. The Bertz CT molecular complexity index is 736. The topological polar surface area (TPSA) is 48.9 Å². The SMILES string of the molecule is CCNC(=NCc1ccc(N2CCOCC2)cc1)NCc1ccccc1C. The zero-order valence-electron chi connectivity index (χ0n) is 16.4. The van der Waals surface area contributed by atoms with E-state index in [9.17, 15) is 0 Å². The summed E-state index contributed by atoms with van der Waals surface area (Å²) in [5.41, 5.74) is 5.05. The monoisotopic (exact) mass is 366 g/mol. The molecule has 0 atom stereocenters. The van der Waals surface area contributed by atoms with Crippen molar-refractivity contribution >= 4 is 11.6 Å². The summed E-state index contributed by atoms with van der Waals surface area (Å²) in [6.07, 6.45) is 0. The molecule has 1 saturated heterocycles. The maximum Gasteiger partial charge on any atom is 0.191 e. The van der Waals surface area contributed by atoms with E-state index in [2.05, 4.69) is 77.9 Å². The Morgan fingerprint density at radius 2 is 1.78 bits per heavy atom. The molecular weight excluding hydrogens is 336 g/mol. The quantitative estimate of drug-likeness (QED) is 0.609. The number of rotatable bonds is 6. The lowest BCUT2D eigenvalue weighted by Crippen LogP contribution is -2.37. The van der Waals surface area contributed by atoms with Crippen LogP contribution in [0.5, 0.6) is 0 Å². The molecule has 0 amide bonds. The number of ether oxygens (including phenoxy) is 1. The molecule has 0 aliphatic carbocycles. The van der Waals surface area contributed by atoms with Gasteiger partial charge in [-0.15, -0.1) is 0 Å². The number of aryl methyl sites for hydroxylation is 1. The van der Waals surface area contributed by atoms with Gasteiger partial charge in [0.1, 0.15) is 0 Å². The number of aliphatic imine (C=N–C) groups is 1. The van der Waals surface area contributed by atoms with Crippen LogP contribution in [-0.4, -0.2) is 38.8 Å². The first-order chi connectivity index (χ1) is 13.3. The number of hydrogen-bond acceptors (Lipinski definition) is 3. The Labute approximate surface area is 162 Å². The van der Waals surface area contributed by atoms with Crippen molar-refractivity contribution < 1.29 is 4.74 Å². The number of anilines is 1. The van der Waals surface area contributed by atoms with Crippen molar-refractivity contribution in [1.29, 1.82) is 0 Å². The number of benzene rings is 2. The van der Waals surface area contributed by atoms with E-state index in [4.69, 9.17) is 9.73 Å². The highest BCUT2D eigenvalue weighted by Crippen LogP contribution is 2.17. The van der Waals surface area contributed by atoms with Crippen LogP contribution in [0.2, 0.25) is 0 Å². The molecule has 0 saturated carbocycles. The van der Waals surface area contributed by atoms with Crippen molar-refractivity contribution in [1.82, 2.24) is 10.6 Å². The lowest BCUT2D eigenvalue weighted by molar-refractivity contribution is 0.122. The number of nitrogens with one attached hydrogen (secondary N) is 2. The molecule has 5 heteroatoms. The highest BCUT2D eigenvalue weighted by atomic mass is 16.5. The molecule has 27 heavy (non-hydrogen) atoms.